The van der Waals surface area contributed by atoms with E-state index >= 15 is 0 Å². The number of hydrogen-bond donors (Lipinski definition) is 1. The van der Waals surface area contributed by atoms with Crippen LogP contribution < -0.4 is 5.32 Å². The lowest BCUT2D eigenvalue weighted by Gasteiger charge is -2.24. The summed E-state index contributed by atoms with van der Waals surface area (Å²) >= 11 is 1.59. The van der Waals surface area contributed by atoms with Crippen molar-refractivity contribution < 1.29 is 4.79 Å². The summed E-state index contributed by atoms with van der Waals surface area (Å²) in [5.41, 5.74) is 1.28. The van der Waals surface area contributed by atoms with Crippen molar-refractivity contribution in [2.24, 2.45) is 0 Å². The molecule has 1 amide bonds. The third-order valence-corrected chi connectivity index (χ3v) is 4.99. The molecule has 2 aromatic rings. The van der Waals surface area contributed by atoms with Gasteiger partial charge in [-0.25, -0.2) is 4.98 Å². The number of aromatic nitrogens is 2. The van der Waals surface area contributed by atoms with E-state index < -0.39 is 0 Å². The Kier molecular flexibility index (Phi) is 3.61. The smallest absolute Gasteiger partial charge is 0.261 e. The van der Waals surface area contributed by atoms with Gasteiger partial charge in [0.2, 0.25) is 0 Å². The SMILES string of the molecule is CCc1cc(C(=O)N[C@H]2CCc3nccn3C2)sc1C. The van der Waals surface area contributed by atoms with E-state index in [-0.39, 0.29) is 11.9 Å². The lowest BCUT2D eigenvalue weighted by atomic mass is 10.1. The van der Waals surface area contributed by atoms with Crippen LogP contribution in [0.2, 0.25) is 0 Å². The number of amides is 1. The number of aryl methyl sites for hydroxylation is 3. The minimum atomic E-state index is 0.0614. The van der Waals surface area contributed by atoms with Gasteiger partial charge in [-0.05, 0) is 31.4 Å². The van der Waals surface area contributed by atoms with E-state index in [1.807, 2.05) is 18.5 Å². The third-order valence-electron chi connectivity index (χ3n) is 3.90. The van der Waals surface area contributed by atoms with Crippen LogP contribution in [0.1, 0.15) is 39.3 Å². The highest BCUT2D eigenvalue weighted by Crippen LogP contribution is 2.22. The molecule has 0 saturated carbocycles. The molecule has 1 N–H and O–H groups in total. The maximum absolute atomic E-state index is 12.3. The van der Waals surface area contributed by atoms with Gasteiger partial charge in [0.15, 0.2) is 0 Å². The van der Waals surface area contributed by atoms with Crippen LogP contribution in [0.4, 0.5) is 0 Å². The Balaban J connectivity index is 1.67. The van der Waals surface area contributed by atoms with E-state index in [2.05, 4.69) is 28.7 Å². The normalized spacial score (nSPS) is 17.8. The summed E-state index contributed by atoms with van der Waals surface area (Å²) < 4.78 is 2.13. The number of imidazole rings is 1. The fourth-order valence-electron chi connectivity index (χ4n) is 2.72. The molecule has 0 aromatic carbocycles. The Morgan fingerprint density at radius 3 is 3.20 bits per heavy atom. The zero-order chi connectivity index (χ0) is 14.1. The molecule has 1 atom stereocenters. The van der Waals surface area contributed by atoms with Gasteiger partial charge >= 0.3 is 0 Å². The molecule has 2 aromatic heterocycles. The van der Waals surface area contributed by atoms with Gasteiger partial charge in [0.25, 0.3) is 5.91 Å². The Bertz CT molecular complexity index is 629. The summed E-state index contributed by atoms with van der Waals surface area (Å²) in [5, 5.41) is 3.15. The highest BCUT2D eigenvalue weighted by Gasteiger charge is 2.21. The predicted molar refractivity (Wildman–Crippen MR) is 80.2 cm³/mol. The molecular formula is C15H19N3OS. The van der Waals surface area contributed by atoms with E-state index in [1.165, 1.54) is 10.4 Å². The molecule has 0 spiro atoms. The van der Waals surface area contributed by atoms with Gasteiger partial charge in [0.1, 0.15) is 5.82 Å². The van der Waals surface area contributed by atoms with Crippen molar-refractivity contribution in [3.8, 4) is 0 Å². The molecular weight excluding hydrogens is 270 g/mol. The van der Waals surface area contributed by atoms with Gasteiger partial charge < -0.3 is 9.88 Å². The van der Waals surface area contributed by atoms with Crippen LogP contribution in [0.25, 0.3) is 0 Å². The largest absolute Gasteiger partial charge is 0.347 e. The van der Waals surface area contributed by atoms with Crippen LogP contribution in [-0.2, 0) is 19.4 Å². The van der Waals surface area contributed by atoms with Crippen molar-refractivity contribution in [1.82, 2.24) is 14.9 Å². The van der Waals surface area contributed by atoms with E-state index in [0.717, 1.165) is 36.5 Å². The molecule has 0 bridgehead atoms. The van der Waals surface area contributed by atoms with Crippen molar-refractivity contribution in [3.05, 3.63) is 39.6 Å². The number of nitrogens with zero attached hydrogens (tertiary/aromatic N) is 2. The van der Waals surface area contributed by atoms with Crippen LogP contribution in [0.3, 0.4) is 0 Å². The van der Waals surface area contributed by atoms with E-state index in [0.29, 0.717) is 0 Å². The lowest BCUT2D eigenvalue weighted by molar-refractivity contribution is 0.0931. The van der Waals surface area contributed by atoms with Crippen molar-refractivity contribution in [1.29, 1.82) is 0 Å². The number of carbonyl (C=O) groups excluding carboxylic acids is 1. The first-order chi connectivity index (χ1) is 9.67. The molecule has 0 radical (unpaired) electrons. The van der Waals surface area contributed by atoms with Crippen LogP contribution in [-0.4, -0.2) is 21.5 Å². The summed E-state index contributed by atoms with van der Waals surface area (Å²) in [6.45, 7) is 5.03. The molecule has 1 aliphatic heterocycles. The summed E-state index contributed by atoms with van der Waals surface area (Å²) in [7, 11) is 0. The summed E-state index contributed by atoms with van der Waals surface area (Å²) in [6.07, 6.45) is 6.70. The Morgan fingerprint density at radius 2 is 2.45 bits per heavy atom. The molecule has 3 heterocycles. The van der Waals surface area contributed by atoms with Gasteiger partial charge in [0, 0.05) is 36.3 Å². The van der Waals surface area contributed by atoms with Gasteiger partial charge in [-0.3, -0.25) is 4.79 Å². The number of nitrogens with one attached hydrogen (secondary N) is 1. The van der Waals surface area contributed by atoms with Gasteiger partial charge in [-0.15, -0.1) is 11.3 Å². The van der Waals surface area contributed by atoms with Gasteiger partial charge in [-0.2, -0.15) is 0 Å². The predicted octanol–water partition coefficient (Wildman–Crippen LogP) is 2.56. The lowest BCUT2D eigenvalue weighted by Crippen LogP contribution is -2.40. The van der Waals surface area contributed by atoms with Crippen molar-refractivity contribution in [2.75, 3.05) is 0 Å². The maximum atomic E-state index is 12.3. The Morgan fingerprint density at radius 1 is 1.60 bits per heavy atom. The molecule has 0 saturated heterocycles. The summed E-state index contributed by atoms with van der Waals surface area (Å²) in [5.74, 6) is 1.18. The second-order valence-corrected chi connectivity index (χ2v) is 6.51. The molecule has 4 nitrogen and oxygen atoms in total. The van der Waals surface area contributed by atoms with Crippen LogP contribution in [0.5, 0.6) is 0 Å². The monoisotopic (exact) mass is 289 g/mol. The molecule has 1 aliphatic rings. The highest BCUT2D eigenvalue weighted by molar-refractivity contribution is 7.14. The van der Waals surface area contributed by atoms with Crippen LogP contribution in [0, 0.1) is 6.92 Å². The molecule has 0 unspecified atom stereocenters. The second kappa shape index (κ2) is 5.40. The molecule has 5 heteroatoms. The molecule has 0 fully saturated rings. The van der Waals surface area contributed by atoms with Crippen molar-refractivity contribution in [3.63, 3.8) is 0 Å². The van der Waals surface area contributed by atoms with Gasteiger partial charge in [-0.1, -0.05) is 6.92 Å². The number of thiophene rings is 1. The minimum absolute atomic E-state index is 0.0614. The average Bonchev–Trinajstić information content (AvgIpc) is 3.04. The van der Waals surface area contributed by atoms with Crippen LogP contribution >= 0.6 is 11.3 Å². The van der Waals surface area contributed by atoms with Crippen molar-refractivity contribution in [2.45, 2.75) is 45.7 Å². The quantitative estimate of drug-likeness (QED) is 0.944. The number of hydrogen-bond acceptors (Lipinski definition) is 3. The Labute approximate surface area is 122 Å². The topological polar surface area (TPSA) is 46.9 Å². The first-order valence-corrected chi connectivity index (χ1v) is 7.89. The number of carbonyl (C=O) groups is 1. The van der Waals surface area contributed by atoms with Gasteiger partial charge in [0.05, 0.1) is 4.88 Å². The first-order valence-electron chi connectivity index (χ1n) is 7.07. The Hall–Kier alpha value is -1.62. The summed E-state index contributed by atoms with van der Waals surface area (Å²) in [4.78, 5) is 18.7. The van der Waals surface area contributed by atoms with Crippen LogP contribution in [0.15, 0.2) is 18.5 Å². The maximum Gasteiger partial charge on any atom is 0.261 e. The first kappa shape index (κ1) is 13.4. The second-order valence-electron chi connectivity index (χ2n) is 5.25. The fourth-order valence-corrected chi connectivity index (χ4v) is 3.74. The van der Waals surface area contributed by atoms with E-state index in [4.69, 9.17) is 0 Å². The third kappa shape index (κ3) is 2.50. The molecule has 0 aliphatic carbocycles. The zero-order valence-electron chi connectivity index (χ0n) is 11.8. The van der Waals surface area contributed by atoms with E-state index in [1.54, 1.807) is 11.3 Å². The molecule has 3 rings (SSSR count). The highest BCUT2D eigenvalue weighted by atomic mass is 32.1. The minimum Gasteiger partial charge on any atom is -0.347 e. The number of fused-ring (bicyclic) bond motifs is 1. The fraction of sp³-hybridized carbons (Fsp3) is 0.467. The van der Waals surface area contributed by atoms with Crippen molar-refractivity contribution >= 4 is 17.2 Å². The number of rotatable bonds is 3. The standard InChI is InChI=1S/C15H19N3OS/c1-3-11-8-13(20-10(11)2)15(19)17-12-4-5-14-16-6-7-18(14)9-12/h6-8,12H,3-5,9H2,1-2H3,(H,17,19)/t12-/m0/s1. The summed E-state index contributed by atoms with van der Waals surface area (Å²) in [6, 6.07) is 2.23. The van der Waals surface area contributed by atoms with E-state index in [9.17, 15) is 4.79 Å². The molecule has 106 valence electrons. The molecule has 20 heavy (non-hydrogen) atoms. The zero-order valence-corrected chi connectivity index (χ0v) is 12.7. The average molecular weight is 289 g/mol.